The van der Waals surface area contributed by atoms with E-state index in [0.717, 1.165) is 5.56 Å². The molecule has 0 aliphatic rings. The van der Waals surface area contributed by atoms with Crippen molar-refractivity contribution in [1.29, 1.82) is 0 Å². The Morgan fingerprint density at radius 2 is 1.65 bits per heavy atom. The molecule has 0 atom stereocenters. The molecule has 2 aromatic carbocycles. The van der Waals surface area contributed by atoms with E-state index in [4.69, 9.17) is 0 Å². The second-order valence-electron chi connectivity index (χ2n) is 3.56. The molecule has 2 N–H and O–H groups in total. The number of amides is 1. The van der Waals surface area contributed by atoms with Crippen LogP contribution in [-0.4, -0.2) is 17.6 Å². The normalized spacial score (nSPS) is 9.40. The van der Waals surface area contributed by atoms with E-state index >= 15 is 0 Å². The molecule has 98 valence electrons. The maximum atomic E-state index is 11.6. The number of benzene rings is 2. The topological polar surface area (TPSA) is 98.1 Å². The summed E-state index contributed by atoms with van der Waals surface area (Å²) in [7, 11) is 0. The van der Waals surface area contributed by atoms with Crippen LogP contribution in [-0.2, 0) is 19.5 Å². The Kier molecular flexibility index (Phi) is 8.05. The van der Waals surface area contributed by atoms with Gasteiger partial charge in [0, 0.05) is 6.21 Å². The molecule has 2 rings (SSSR count). The van der Waals surface area contributed by atoms with Crippen molar-refractivity contribution >= 4 is 12.1 Å². The summed E-state index contributed by atoms with van der Waals surface area (Å²) in [6, 6.07) is 15.2. The van der Waals surface area contributed by atoms with Gasteiger partial charge in [0.15, 0.2) is 0 Å². The zero-order valence-electron chi connectivity index (χ0n) is 10.7. The maximum absolute atomic E-state index is 11.6. The Hall–Kier alpha value is -2.04. The van der Waals surface area contributed by atoms with Crippen LogP contribution < -0.4 is 5.11 Å². The quantitative estimate of drug-likeness (QED) is 0.486. The van der Waals surface area contributed by atoms with E-state index < -0.39 is 5.91 Å². The van der Waals surface area contributed by atoms with Crippen LogP contribution in [0.2, 0.25) is 0 Å². The molecule has 0 aliphatic carbocycles. The van der Waals surface area contributed by atoms with Crippen molar-refractivity contribution in [1.82, 2.24) is 0 Å². The van der Waals surface area contributed by atoms with Gasteiger partial charge in [-0.3, -0.25) is 0 Å². The molecule has 0 aliphatic heterocycles. The van der Waals surface area contributed by atoms with Crippen LogP contribution in [0.25, 0.3) is 5.43 Å². The number of nitrogens with zero attached hydrogens (tertiary/aromatic N) is 2. The van der Waals surface area contributed by atoms with Gasteiger partial charge < -0.3 is 25.9 Å². The summed E-state index contributed by atoms with van der Waals surface area (Å²) in [4.78, 5) is 11.6. The first-order valence-electron chi connectivity index (χ1n) is 5.37. The maximum Gasteiger partial charge on any atom is 2.00 e. The van der Waals surface area contributed by atoms with Gasteiger partial charge in [-0.25, -0.2) is 0 Å². The third-order valence-electron chi connectivity index (χ3n) is 2.27. The van der Waals surface area contributed by atoms with Crippen molar-refractivity contribution in [2.45, 2.75) is 0 Å². The van der Waals surface area contributed by atoms with E-state index in [1.54, 1.807) is 12.1 Å². The van der Waals surface area contributed by atoms with Crippen LogP contribution in [0.1, 0.15) is 15.9 Å². The van der Waals surface area contributed by atoms with Crippen molar-refractivity contribution < 1.29 is 34.9 Å². The minimum atomic E-state index is -0.632. The number of hydrogen-bond acceptors (Lipinski definition) is 3. The molecule has 20 heavy (non-hydrogen) atoms. The minimum Gasteiger partial charge on any atom is -0.872 e. The molecule has 0 spiro atoms. The van der Waals surface area contributed by atoms with Gasteiger partial charge in [0.05, 0.1) is 5.91 Å². The molecule has 1 amide bonds. The largest absolute Gasteiger partial charge is 2.00 e. The standard InChI is InChI=1S/C14H12N2O2.H2O.Zn/c17-13-9-5-4-8-12(13)14(18)16-15-10-11-6-2-1-3-7-11;;/h1-10H,(H2,16,17,18);1H2;/q;;+2/p-2/b15-10-;;. The van der Waals surface area contributed by atoms with E-state index in [0.29, 0.717) is 0 Å². The second kappa shape index (κ2) is 8.96. The first-order chi connectivity index (χ1) is 8.77. The van der Waals surface area contributed by atoms with Crippen molar-refractivity contribution in [3.8, 4) is 5.75 Å². The number of carbonyl (C=O) groups is 1. The third kappa shape index (κ3) is 4.92. The van der Waals surface area contributed by atoms with Gasteiger partial charge in [0.2, 0.25) is 0 Å². The number of para-hydroxylation sites is 1. The fourth-order valence-electron chi connectivity index (χ4n) is 1.38. The zero-order chi connectivity index (χ0) is 12.8. The molecule has 0 saturated carbocycles. The molecule has 0 radical (unpaired) electrons. The van der Waals surface area contributed by atoms with Gasteiger partial charge in [-0.15, -0.1) is 0 Å². The Balaban J connectivity index is 0.00000180. The van der Waals surface area contributed by atoms with Gasteiger partial charge in [-0.1, -0.05) is 60.3 Å². The summed E-state index contributed by atoms with van der Waals surface area (Å²) in [5.74, 6) is -0.978. The van der Waals surface area contributed by atoms with E-state index in [1.807, 2.05) is 30.3 Å². The summed E-state index contributed by atoms with van der Waals surface area (Å²) in [6.07, 6.45) is 1.46. The van der Waals surface area contributed by atoms with Crippen LogP contribution in [0.3, 0.4) is 0 Å². The fourth-order valence-corrected chi connectivity index (χ4v) is 1.38. The molecule has 6 heteroatoms. The van der Waals surface area contributed by atoms with E-state index in [9.17, 15) is 9.90 Å². The molecule has 0 saturated heterocycles. The van der Waals surface area contributed by atoms with Gasteiger partial charge in [0.25, 0.3) is 0 Å². The summed E-state index contributed by atoms with van der Waals surface area (Å²) in [6.45, 7) is 0. The van der Waals surface area contributed by atoms with E-state index in [-0.39, 0.29) is 36.3 Å². The van der Waals surface area contributed by atoms with E-state index in [1.165, 1.54) is 18.3 Å². The van der Waals surface area contributed by atoms with Gasteiger partial charge in [0.1, 0.15) is 0 Å². The predicted octanol–water partition coefficient (Wildman–Crippen LogP) is 1.48. The summed E-state index contributed by atoms with van der Waals surface area (Å²) >= 11 is 0. The molecular weight excluding hydrogens is 310 g/mol. The molecule has 0 heterocycles. The molecule has 0 fully saturated rings. The molecular formula is C14H12N2O3Zn. The summed E-state index contributed by atoms with van der Waals surface area (Å²) in [5, 5.41) is 15.0. The Labute approximate surface area is 129 Å². The van der Waals surface area contributed by atoms with Crippen molar-refractivity contribution in [2.75, 3.05) is 0 Å². The van der Waals surface area contributed by atoms with Crippen LogP contribution >= 0.6 is 0 Å². The zero-order valence-corrected chi connectivity index (χ0v) is 13.7. The van der Waals surface area contributed by atoms with Gasteiger partial charge in [-0.2, -0.15) is 0 Å². The first kappa shape index (κ1) is 18.0. The third-order valence-corrected chi connectivity index (χ3v) is 2.27. The Bertz CT molecular complexity index is 574. The Morgan fingerprint density at radius 1 is 1.05 bits per heavy atom. The minimum absolute atomic E-state index is 0. The average Bonchev–Trinajstić information content (AvgIpc) is 2.40. The summed E-state index contributed by atoms with van der Waals surface area (Å²) < 4.78 is 0. The van der Waals surface area contributed by atoms with Gasteiger partial charge >= 0.3 is 19.5 Å². The number of carbonyl (C=O) groups excluding carboxylic acids is 1. The SMILES string of the molecule is O.O=C([N-]/N=C\c1ccccc1)c1ccccc1[O-].[Zn+2]. The van der Waals surface area contributed by atoms with Crippen molar-refractivity contribution in [3.63, 3.8) is 0 Å². The predicted molar refractivity (Wildman–Crippen MR) is 71.2 cm³/mol. The molecule has 0 aromatic heterocycles. The molecule has 0 unspecified atom stereocenters. The van der Waals surface area contributed by atoms with Crippen molar-refractivity contribution in [2.24, 2.45) is 5.10 Å². The van der Waals surface area contributed by atoms with E-state index in [2.05, 4.69) is 10.5 Å². The second-order valence-corrected chi connectivity index (χ2v) is 3.56. The monoisotopic (exact) mass is 320 g/mol. The van der Waals surface area contributed by atoms with Crippen LogP contribution in [0.4, 0.5) is 0 Å². The first-order valence-corrected chi connectivity index (χ1v) is 5.37. The van der Waals surface area contributed by atoms with Crippen LogP contribution in [0.5, 0.6) is 5.75 Å². The number of rotatable bonds is 3. The van der Waals surface area contributed by atoms with Gasteiger partial charge in [-0.05, 0) is 11.1 Å². The molecule has 0 bridgehead atoms. The average molecular weight is 322 g/mol. The van der Waals surface area contributed by atoms with Crippen molar-refractivity contribution in [3.05, 3.63) is 71.1 Å². The molecule has 2 aromatic rings. The smallest absolute Gasteiger partial charge is 0.872 e. The van der Waals surface area contributed by atoms with Crippen LogP contribution in [0, 0.1) is 0 Å². The number of hydrogen-bond donors (Lipinski definition) is 0. The fraction of sp³-hybridized carbons (Fsp3) is 0. The Morgan fingerprint density at radius 3 is 2.30 bits per heavy atom. The molecule has 5 nitrogen and oxygen atoms in total. The summed E-state index contributed by atoms with van der Waals surface area (Å²) in [5.41, 5.74) is 4.35. The van der Waals surface area contributed by atoms with Crippen LogP contribution in [0.15, 0.2) is 59.7 Å².